The van der Waals surface area contributed by atoms with E-state index in [4.69, 9.17) is 5.73 Å². The number of nitrogens with two attached hydrogens (primary N) is 1. The van der Waals surface area contributed by atoms with Crippen molar-refractivity contribution < 1.29 is 0 Å². The van der Waals surface area contributed by atoms with Crippen LogP contribution in [-0.4, -0.2) is 37.1 Å². The number of nitrogens with zero attached hydrogens (tertiary/aromatic N) is 2. The molecule has 3 nitrogen and oxygen atoms in total. The van der Waals surface area contributed by atoms with Crippen molar-refractivity contribution in [1.82, 2.24) is 4.90 Å². The molecule has 2 N–H and O–H groups in total. The Morgan fingerprint density at radius 2 is 1.95 bits per heavy atom. The Hall–Kier alpha value is -0.640. The molecule has 1 saturated heterocycles. The number of fused-ring (bicyclic) bond motifs is 4. The van der Waals surface area contributed by atoms with Crippen LogP contribution in [0.3, 0.4) is 0 Å². The molecule has 1 atom stereocenters. The van der Waals surface area contributed by atoms with Crippen molar-refractivity contribution >= 4 is 36.2 Å². The Kier molecular flexibility index (Phi) is 4.73. The minimum Gasteiger partial charge on any atom is -0.399 e. The van der Waals surface area contributed by atoms with Crippen LogP contribution in [0.1, 0.15) is 18.4 Å². The number of halogens is 2. The predicted molar refractivity (Wildman–Crippen MR) is 89.4 cm³/mol. The van der Waals surface area contributed by atoms with E-state index in [1.54, 1.807) is 0 Å². The van der Waals surface area contributed by atoms with Crippen LogP contribution >= 0.6 is 24.8 Å². The van der Waals surface area contributed by atoms with Gasteiger partial charge in [0.15, 0.2) is 0 Å². The summed E-state index contributed by atoms with van der Waals surface area (Å²) in [5.74, 6) is 1.00. The Morgan fingerprint density at radius 1 is 1.15 bits per heavy atom. The van der Waals surface area contributed by atoms with Gasteiger partial charge in [0.1, 0.15) is 0 Å². The largest absolute Gasteiger partial charge is 0.399 e. The number of rotatable bonds is 2. The van der Waals surface area contributed by atoms with Gasteiger partial charge < -0.3 is 10.6 Å². The molecule has 112 valence electrons. The Morgan fingerprint density at radius 3 is 2.70 bits per heavy atom. The SMILES string of the molecule is Cl.Cl.Nc1ccc2c(c1)N1CCN(CC3CC3)C(C2)C1. The van der Waals surface area contributed by atoms with Gasteiger partial charge in [0, 0.05) is 43.6 Å². The lowest BCUT2D eigenvalue weighted by Gasteiger charge is -2.47. The lowest BCUT2D eigenvalue weighted by molar-refractivity contribution is 0.162. The Balaban J connectivity index is 0.000000735. The monoisotopic (exact) mass is 315 g/mol. The van der Waals surface area contributed by atoms with Crippen LogP contribution in [0.5, 0.6) is 0 Å². The second-order valence-electron chi connectivity index (χ2n) is 6.13. The molecule has 1 aliphatic carbocycles. The first-order valence-electron chi connectivity index (χ1n) is 7.17. The highest BCUT2D eigenvalue weighted by molar-refractivity contribution is 5.85. The molecule has 0 amide bonds. The van der Waals surface area contributed by atoms with E-state index in [9.17, 15) is 0 Å². The third kappa shape index (κ3) is 2.85. The first kappa shape index (κ1) is 15.7. The molecule has 1 unspecified atom stereocenters. The summed E-state index contributed by atoms with van der Waals surface area (Å²) in [6.07, 6.45) is 4.12. The second kappa shape index (κ2) is 6.00. The summed E-state index contributed by atoms with van der Waals surface area (Å²) in [7, 11) is 0. The molecule has 0 aromatic heterocycles. The fourth-order valence-corrected chi connectivity index (χ4v) is 3.48. The van der Waals surface area contributed by atoms with Crippen molar-refractivity contribution in [3.05, 3.63) is 23.8 Å². The standard InChI is InChI=1S/C15H21N3.2ClH/c16-13-4-3-12-7-14-10-18(15(12)8-13)6-5-17(14)9-11-1-2-11;;/h3-4,8,11,14H,1-2,5-7,9-10,16H2;2*1H. The minimum atomic E-state index is 0. The smallest absolute Gasteiger partial charge is 0.0421 e. The van der Waals surface area contributed by atoms with Crippen LogP contribution < -0.4 is 10.6 Å². The Bertz CT molecular complexity index is 476. The van der Waals surface area contributed by atoms with Gasteiger partial charge in [-0.05, 0) is 42.9 Å². The average Bonchev–Trinajstić information content (AvgIpc) is 3.18. The highest BCUT2D eigenvalue weighted by Gasteiger charge is 2.35. The maximum Gasteiger partial charge on any atom is 0.0421 e. The van der Waals surface area contributed by atoms with E-state index < -0.39 is 0 Å². The number of benzene rings is 1. The zero-order chi connectivity index (χ0) is 12.1. The van der Waals surface area contributed by atoms with Crippen LogP contribution in [0.25, 0.3) is 0 Å². The summed E-state index contributed by atoms with van der Waals surface area (Å²) in [4.78, 5) is 5.26. The first-order chi connectivity index (χ1) is 8.79. The van der Waals surface area contributed by atoms with Gasteiger partial charge in [-0.15, -0.1) is 24.8 Å². The van der Waals surface area contributed by atoms with E-state index in [-0.39, 0.29) is 24.8 Å². The van der Waals surface area contributed by atoms with Crippen LogP contribution in [0.2, 0.25) is 0 Å². The van der Waals surface area contributed by atoms with Gasteiger partial charge in [0.25, 0.3) is 0 Å². The van der Waals surface area contributed by atoms with Crippen LogP contribution in [-0.2, 0) is 6.42 Å². The van der Waals surface area contributed by atoms with Crippen molar-refractivity contribution in [2.45, 2.75) is 25.3 Å². The van der Waals surface area contributed by atoms with Gasteiger partial charge in [-0.1, -0.05) is 6.07 Å². The third-order valence-corrected chi connectivity index (χ3v) is 4.70. The molecule has 2 heterocycles. The van der Waals surface area contributed by atoms with Crippen molar-refractivity contribution in [3.63, 3.8) is 0 Å². The van der Waals surface area contributed by atoms with Crippen molar-refractivity contribution in [2.24, 2.45) is 5.92 Å². The molecule has 1 saturated carbocycles. The minimum absolute atomic E-state index is 0. The fourth-order valence-electron chi connectivity index (χ4n) is 3.48. The average molecular weight is 316 g/mol. The molecule has 1 aromatic rings. The van der Waals surface area contributed by atoms with Crippen molar-refractivity contribution in [3.8, 4) is 0 Å². The lowest BCUT2D eigenvalue weighted by atomic mass is 9.94. The number of hydrogen-bond acceptors (Lipinski definition) is 3. The van der Waals surface area contributed by atoms with Gasteiger partial charge in [-0.25, -0.2) is 0 Å². The van der Waals surface area contributed by atoms with E-state index in [1.807, 2.05) is 6.07 Å². The van der Waals surface area contributed by atoms with Gasteiger partial charge in [0.05, 0.1) is 0 Å². The lowest BCUT2D eigenvalue weighted by Crippen LogP contribution is -2.57. The molecule has 0 spiro atoms. The summed E-state index contributed by atoms with van der Waals surface area (Å²) in [5.41, 5.74) is 9.69. The summed E-state index contributed by atoms with van der Waals surface area (Å²) in [6.45, 7) is 4.93. The van der Waals surface area contributed by atoms with Crippen molar-refractivity contribution in [2.75, 3.05) is 36.8 Å². The number of nitrogen functional groups attached to an aromatic ring is 1. The maximum atomic E-state index is 5.92. The van der Waals surface area contributed by atoms with Gasteiger partial charge in [-0.3, -0.25) is 4.90 Å². The Labute approximate surface area is 133 Å². The summed E-state index contributed by atoms with van der Waals surface area (Å²) >= 11 is 0. The molecule has 2 aliphatic heterocycles. The predicted octanol–water partition coefficient (Wildman–Crippen LogP) is 2.57. The quantitative estimate of drug-likeness (QED) is 0.851. The van der Waals surface area contributed by atoms with E-state index in [0.717, 1.165) is 17.6 Å². The topological polar surface area (TPSA) is 32.5 Å². The molecule has 1 aromatic carbocycles. The van der Waals surface area contributed by atoms with Gasteiger partial charge in [-0.2, -0.15) is 0 Å². The summed E-state index contributed by atoms with van der Waals surface area (Å²) < 4.78 is 0. The maximum absolute atomic E-state index is 5.92. The molecule has 20 heavy (non-hydrogen) atoms. The fraction of sp³-hybridized carbons (Fsp3) is 0.600. The third-order valence-electron chi connectivity index (χ3n) is 4.70. The molecule has 2 bridgehead atoms. The number of anilines is 2. The molecule has 2 fully saturated rings. The molecule has 0 radical (unpaired) electrons. The van der Waals surface area contributed by atoms with E-state index >= 15 is 0 Å². The molecular weight excluding hydrogens is 293 g/mol. The van der Waals surface area contributed by atoms with Gasteiger partial charge in [0.2, 0.25) is 0 Å². The molecule has 3 aliphatic rings. The summed E-state index contributed by atoms with van der Waals surface area (Å²) in [5, 5.41) is 0. The second-order valence-corrected chi connectivity index (χ2v) is 6.13. The molecule has 5 heteroatoms. The van der Waals surface area contributed by atoms with E-state index in [1.165, 1.54) is 56.7 Å². The van der Waals surface area contributed by atoms with E-state index in [2.05, 4.69) is 21.9 Å². The zero-order valence-electron chi connectivity index (χ0n) is 11.6. The number of hydrogen-bond donors (Lipinski definition) is 1. The highest BCUT2D eigenvalue weighted by Crippen LogP contribution is 2.36. The van der Waals surface area contributed by atoms with Crippen LogP contribution in [0.15, 0.2) is 18.2 Å². The van der Waals surface area contributed by atoms with Gasteiger partial charge >= 0.3 is 0 Å². The number of piperazine rings is 1. The molecule has 4 rings (SSSR count). The molecular formula is C15H23Cl2N3. The van der Waals surface area contributed by atoms with Crippen LogP contribution in [0, 0.1) is 5.92 Å². The zero-order valence-corrected chi connectivity index (χ0v) is 13.3. The van der Waals surface area contributed by atoms with E-state index in [0.29, 0.717) is 0 Å². The summed E-state index contributed by atoms with van der Waals surface area (Å²) in [6, 6.07) is 7.16. The first-order valence-corrected chi connectivity index (χ1v) is 7.17. The normalized spacial score (nSPS) is 24.4. The van der Waals surface area contributed by atoms with Crippen molar-refractivity contribution in [1.29, 1.82) is 0 Å². The van der Waals surface area contributed by atoms with Crippen LogP contribution in [0.4, 0.5) is 11.4 Å². The highest BCUT2D eigenvalue weighted by atomic mass is 35.5.